The molecule has 3 heteroatoms. The average Bonchev–Trinajstić information content (AvgIpc) is 3.38. The van der Waals surface area contributed by atoms with Crippen molar-refractivity contribution < 1.29 is 9.53 Å². The fourth-order valence-corrected chi connectivity index (χ4v) is 3.41. The Bertz CT molecular complexity index is 527. The van der Waals surface area contributed by atoms with Gasteiger partial charge in [0.05, 0.1) is 6.61 Å². The number of ether oxygens (including phenoxy) is 1. The van der Waals surface area contributed by atoms with Crippen molar-refractivity contribution in [1.82, 2.24) is 4.90 Å². The predicted octanol–water partition coefficient (Wildman–Crippen LogP) is 4.79. The standard InChI is InChI=1S/C21H31NO2/c1-3-18(4-2)21(23)22(19-10-11-19)14-16-8-12-20(13-9-16)24-15-17-6-5-7-17/h8-9,12-13,17-19H,3-7,10-11,14-15H2,1-2H3. The molecule has 0 aliphatic heterocycles. The molecule has 2 aliphatic carbocycles. The van der Waals surface area contributed by atoms with Crippen LogP contribution in [0.3, 0.4) is 0 Å². The molecule has 0 unspecified atom stereocenters. The first-order valence-electron chi connectivity index (χ1n) is 9.73. The Hall–Kier alpha value is -1.51. The molecular weight excluding hydrogens is 298 g/mol. The second kappa shape index (κ2) is 8.04. The molecule has 24 heavy (non-hydrogen) atoms. The van der Waals surface area contributed by atoms with Crippen LogP contribution in [0.1, 0.15) is 64.4 Å². The largest absolute Gasteiger partial charge is 0.493 e. The number of hydrogen-bond acceptors (Lipinski definition) is 2. The van der Waals surface area contributed by atoms with E-state index in [0.29, 0.717) is 11.9 Å². The number of nitrogens with zero attached hydrogens (tertiary/aromatic N) is 1. The van der Waals surface area contributed by atoms with Crippen LogP contribution in [0.4, 0.5) is 0 Å². The number of hydrogen-bond donors (Lipinski definition) is 0. The van der Waals surface area contributed by atoms with Gasteiger partial charge in [-0.3, -0.25) is 4.79 Å². The summed E-state index contributed by atoms with van der Waals surface area (Å²) in [5.74, 6) is 2.23. The summed E-state index contributed by atoms with van der Waals surface area (Å²) in [5.41, 5.74) is 1.21. The van der Waals surface area contributed by atoms with Gasteiger partial charge in [-0.2, -0.15) is 0 Å². The van der Waals surface area contributed by atoms with Crippen molar-refractivity contribution in [3.8, 4) is 5.75 Å². The lowest BCUT2D eigenvalue weighted by Crippen LogP contribution is -2.37. The zero-order valence-electron chi connectivity index (χ0n) is 15.2. The first-order chi connectivity index (χ1) is 11.7. The monoisotopic (exact) mass is 329 g/mol. The molecule has 2 aliphatic rings. The van der Waals surface area contributed by atoms with E-state index in [0.717, 1.165) is 50.5 Å². The van der Waals surface area contributed by atoms with Crippen LogP contribution in [0.2, 0.25) is 0 Å². The second-order valence-corrected chi connectivity index (χ2v) is 7.46. The van der Waals surface area contributed by atoms with Gasteiger partial charge in [-0.25, -0.2) is 0 Å². The van der Waals surface area contributed by atoms with Crippen LogP contribution in [0.5, 0.6) is 5.75 Å². The summed E-state index contributed by atoms with van der Waals surface area (Å²) < 4.78 is 5.87. The summed E-state index contributed by atoms with van der Waals surface area (Å²) in [6.45, 7) is 5.82. The average molecular weight is 329 g/mol. The molecule has 1 aromatic carbocycles. The molecule has 2 fully saturated rings. The van der Waals surface area contributed by atoms with E-state index < -0.39 is 0 Å². The molecule has 0 saturated heterocycles. The lowest BCUT2D eigenvalue weighted by molar-refractivity contribution is -0.137. The highest BCUT2D eigenvalue weighted by molar-refractivity contribution is 5.79. The predicted molar refractivity (Wildman–Crippen MR) is 96.9 cm³/mol. The summed E-state index contributed by atoms with van der Waals surface area (Å²) in [4.78, 5) is 14.9. The molecule has 2 saturated carbocycles. The Morgan fingerprint density at radius 2 is 1.79 bits per heavy atom. The summed E-state index contributed by atoms with van der Waals surface area (Å²) in [7, 11) is 0. The van der Waals surface area contributed by atoms with Crippen LogP contribution in [0.15, 0.2) is 24.3 Å². The molecule has 0 atom stereocenters. The van der Waals surface area contributed by atoms with Crippen molar-refractivity contribution in [3.63, 3.8) is 0 Å². The van der Waals surface area contributed by atoms with Crippen LogP contribution in [0.25, 0.3) is 0 Å². The number of rotatable bonds is 9. The fourth-order valence-electron chi connectivity index (χ4n) is 3.41. The molecule has 3 rings (SSSR count). The van der Waals surface area contributed by atoms with Gasteiger partial charge in [-0.05, 0) is 62.1 Å². The highest BCUT2D eigenvalue weighted by Crippen LogP contribution is 2.31. The van der Waals surface area contributed by atoms with Crippen LogP contribution in [-0.4, -0.2) is 23.5 Å². The number of carbonyl (C=O) groups is 1. The third-order valence-corrected chi connectivity index (χ3v) is 5.59. The van der Waals surface area contributed by atoms with Gasteiger partial charge in [0.15, 0.2) is 0 Å². The minimum atomic E-state index is 0.177. The van der Waals surface area contributed by atoms with Crippen LogP contribution >= 0.6 is 0 Å². The van der Waals surface area contributed by atoms with Crippen LogP contribution < -0.4 is 4.74 Å². The summed E-state index contributed by atoms with van der Waals surface area (Å²) >= 11 is 0. The van der Waals surface area contributed by atoms with E-state index in [9.17, 15) is 4.79 Å². The quantitative estimate of drug-likeness (QED) is 0.652. The topological polar surface area (TPSA) is 29.5 Å². The maximum atomic E-state index is 12.8. The Balaban J connectivity index is 1.57. The van der Waals surface area contributed by atoms with E-state index in [1.165, 1.54) is 24.8 Å². The zero-order chi connectivity index (χ0) is 16.9. The molecule has 0 heterocycles. The maximum Gasteiger partial charge on any atom is 0.226 e. The third-order valence-electron chi connectivity index (χ3n) is 5.59. The molecule has 0 aromatic heterocycles. The Morgan fingerprint density at radius 3 is 2.29 bits per heavy atom. The fraction of sp³-hybridized carbons (Fsp3) is 0.667. The molecule has 0 N–H and O–H groups in total. The van der Waals surface area contributed by atoms with E-state index in [-0.39, 0.29) is 5.92 Å². The van der Waals surface area contributed by atoms with Gasteiger partial charge in [-0.1, -0.05) is 32.4 Å². The van der Waals surface area contributed by atoms with E-state index in [1.807, 2.05) is 0 Å². The van der Waals surface area contributed by atoms with Gasteiger partial charge in [0.1, 0.15) is 5.75 Å². The van der Waals surface area contributed by atoms with Crippen molar-refractivity contribution in [2.24, 2.45) is 11.8 Å². The highest BCUT2D eigenvalue weighted by atomic mass is 16.5. The summed E-state index contributed by atoms with van der Waals surface area (Å²) in [6.07, 6.45) is 8.18. The van der Waals surface area contributed by atoms with Gasteiger partial charge in [0.2, 0.25) is 5.91 Å². The number of amides is 1. The van der Waals surface area contributed by atoms with E-state index in [1.54, 1.807) is 0 Å². The van der Waals surface area contributed by atoms with E-state index >= 15 is 0 Å². The van der Waals surface area contributed by atoms with Gasteiger partial charge >= 0.3 is 0 Å². The smallest absolute Gasteiger partial charge is 0.226 e. The molecule has 0 spiro atoms. The maximum absolute atomic E-state index is 12.8. The molecule has 132 valence electrons. The Kier molecular flexibility index (Phi) is 5.80. The highest BCUT2D eigenvalue weighted by Gasteiger charge is 2.34. The minimum Gasteiger partial charge on any atom is -0.493 e. The van der Waals surface area contributed by atoms with Crippen LogP contribution in [-0.2, 0) is 11.3 Å². The van der Waals surface area contributed by atoms with Crippen LogP contribution in [0, 0.1) is 11.8 Å². The first-order valence-corrected chi connectivity index (χ1v) is 9.73. The van der Waals surface area contributed by atoms with Gasteiger partial charge in [0.25, 0.3) is 0 Å². The molecule has 1 aromatic rings. The van der Waals surface area contributed by atoms with E-state index in [2.05, 4.69) is 43.0 Å². The van der Waals surface area contributed by atoms with Gasteiger partial charge in [-0.15, -0.1) is 0 Å². The molecule has 0 radical (unpaired) electrons. The minimum absolute atomic E-state index is 0.177. The van der Waals surface area contributed by atoms with E-state index in [4.69, 9.17) is 4.74 Å². The normalized spacial score (nSPS) is 17.6. The SMILES string of the molecule is CCC(CC)C(=O)N(Cc1ccc(OCC2CCC2)cc1)C1CC1. The second-order valence-electron chi connectivity index (χ2n) is 7.46. The first kappa shape index (κ1) is 17.3. The summed E-state index contributed by atoms with van der Waals surface area (Å²) in [5, 5.41) is 0. The summed E-state index contributed by atoms with van der Waals surface area (Å²) in [6, 6.07) is 8.81. The lowest BCUT2D eigenvalue weighted by Gasteiger charge is -2.27. The van der Waals surface area contributed by atoms with Crippen molar-refractivity contribution >= 4 is 5.91 Å². The Labute approximate surface area is 146 Å². The van der Waals surface area contributed by atoms with Crippen molar-refractivity contribution in [2.75, 3.05) is 6.61 Å². The Morgan fingerprint density at radius 1 is 1.12 bits per heavy atom. The van der Waals surface area contributed by atoms with Gasteiger partial charge in [0, 0.05) is 18.5 Å². The molecule has 3 nitrogen and oxygen atoms in total. The van der Waals surface area contributed by atoms with Crippen molar-refractivity contribution in [3.05, 3.63) is 29.8 Å². The zero-order valence-corrected chi connectivity index (χ0v) is 15.2. The molecular formula is C21H31NO2. The number of carbonyl (C=O) groups excluding carboxylic acids is 1. The van der Waals surface area contributed by atoms with Gasteiger partial charge < -0.3 is 9.64 Å². The number of benzene rings is 1. The molecule has 1 amide bonds. The van der Waals surface area contributed by atoms with Crippen molar-refractivity contribution in [1.29, 1.82) is 0 Å². The van der Waals surface area contributed by atoms with Crippen molar-refractivity contribution in [2.45, 2.75) is 71.4 Å². The third kappa shape index (κ3) is 4.31. The lowest BCUT2D eigenvalue weighted by atomic mass is 9.86. The molecule has 0 bridgehead atoms.